The molecular formula is C24H37N3O7. The van der Waals surface area contributed by atoms with E-state index < -0.39 is 17.3 Å². The first-order valence-electron chi connectivity index (χ1n) is 12.2. The van der Waals surface area contributed by atoms with Gasteiger partial charge in [-0.25, -0.2) is 4.79 Å². The minimum Gasteiger partial charge on any atom is -0.468 e. The Morgan fingerprint density at radius 3 is 2.44 bits per heavy atom. The van der Waals surface area contributed by atoms with Crippen molar-refractivity contribution in [2.45, 2.75) is 45.4 Å². The number of ether oxygens (including phenoxy) is 3. The molecule has 2 fully saturated rings. The van der Waals surface area contributed by atoms with E-state index in [9.17, 15) is 19.2 Å². The summed E-state index contributed by atoms with van der Waals surface area (Å²) in [4.78, 5) is 57.1. The Morgan fingerprint density at radius 2 is 1.79 bits per heavy atom. The predicted molar refractivity (Wildman–Crippen MR) is 122 cm³/mol. The van der Waals surface area contributed by atoms with E-state index in [0.717, 1.165) is 19.3 Å². The van der Waals surface area contributed by atoms with Crippen LogP contribution in [0.25, 0.3) is 0 Å². The molecule has 3 rings (SSSR count). The van der Waals surface area contributed by atoms with Crippen LogP contribution in [0.1, 0.15) is 45.4 Å². The molecule has 10 heteroatoms. The van der Waals surface area contributed by atoms with Crippen molar-refractivity contribution in [3.8, 4) is 0 Å². The third-order valence-corrected chi connectivity index (χ3v) is 7.09. The van der Waals surface area contributed by atoms with Gasteiger partial charge in [0.1, 0.15) is 5.41 Å². The van der Waals surface area contributed by atoms with E-state index in [4.69, 9.17) is 14.2 Å². The lowest BCUT2D eigenvalue weighted by Crippen LogP contribution is -2.51. The van der Waals surface area contributed by atoms with Gasteiger partial charge in [-0.15, -0.1) is 0 Å². The normalized spacial score (nSPS) is 24.9. The van der Waals surface area contributed by atoms with E-state index in [0.29, 0.717) is 64.5 Å². The van der Waals surface area contributed by atoms with E-state index in [-0.39, 0.29) is 24.3 Å². The third kappa shape index (κ3) is 5.06. The maximum absolute atomic E-state index is 13.6. The smallest absolute Gasteiger partial charge is 0.409 e. The van der Waals surface area contributed by atoms with Crippen LogP contribution in [-0.4, -0.2) is 98.7 Å². The fourth-order valence-corrected chi connectivity index (χ4v) is 5.37. The van der Waals surface area contributed by atoms with E-state index in [1.54, 1.807) is 28.7 Å². The lowest BCUT2D eigenvalue weighted by Gasteiger charge is -2.36. The van der Waals surface area contributed by atoms with Gasteiger partial charge in [0.25, 0.3) is 0 Å². The lowest BCUT2D eigenvalue weighted by atomic mass is 9.71. The van der Waals surface area contributed by atoms with Gasteiger partial charge in [-0.2, -0.15) is 0 Å². The Balaban J connectivity index is 1.80. The number of piperazine rings is 1. The number of rotatable bonds is 8. The van der Waals surface area contributed by atoms with Crippen molar-refractivity contribution in [1.82, 2.24) is 14.7 Å². The summed E-state index contributed by atoms with van der Waals surface area (Å²) in [7, 11) is 2.95. The molecule has 34 heavy (non-hydrogen) atoms. The van der Waals surface area contributed by atoms with E-state index in [1.807, 2.05) is 6.08 Å². The fourth-order valence-electron chi connectivity index (χ4n) is 5.37. The number of likely N-dealkylation sites (tertiary alicyclic amines) is 1. The van der Waals surface area contributed by atoms with Crippen LogP contribution < -0.4 is 0 Å². The maximum atomic E-state index is 13.6. The maximum Gasteiger partial charge on any atom is 0.409 e. The van der Waals surface area contributed by atoms with Crippen LogP contribution in [-0.2, 0) is 28.6 Å². The highest BCUT2D eigenvalue weighted by molar-refractivity contribution is 5.98. The molecule has 3 aliphatic rings. The van der Waals surface area contributed by atoms with Crippen LogP contribution in [0.15, 0.2) is 11.8 Å². The minimum absolute atomic E-state index is 0.0640. The topological polar surface area (TPSA) is 106 Å². The Hall–Kier alpha value is -2.62. The van der Waals surface area contributed by atoms with Crippen molar-refractivity contribution in [2.24, 2.45) is 11.3 Å². The second-order valence-corrected chi connectivity index (χ2v) is 8.96. The molecule has 2 atom stereocenters. The van der Waals surface area contributed by atoms with Crippen LogP contribution in [0.2, 0.25) is 0 Å². The molecule has 0 aromatic carbocycles. The van der Waals surface area contributed by atoms with Gasteiger partial charge in [0, 0.05) is 58.6 Å². The molecular weight excluding hydrogens is 442 g/mol. The molecule has 0 aromatic rings. The molecule has 0 unspecified atom stereocenters. The summed E-state index contributed by atoms with van der Waals surface area (Å²) >= 11 is 0. The van der Waals surface area contributed by atoms with Crippen molar-refractivity contribution in [3.63, 3.8) is 0 Å². The molecule has 1 aliphatic carbocycles. The quantitative estimate of drug-likeness (QED) is 0.386. The number of carbonyl (C=O) groups is 4. The number of amides is 3. The van der Waals surface area contributed by atoms with Crippen molar-refractivity contribution in [2.75, 3.05) is 60.2 Å². The number of hydrogen-bond donors (Lipinski definition) is 0. The van der Waals surface area contributed by atoms with Gasteiger partial charge in [-0.1, -0.05) is 12.5 Å². The molecule has 2 saturated heterocycles. The van der Waals surface area contributed by atoms with Gasteiger partial charge in [0.05, 0.1) is 19.6 Å². The third-order valence-electron chi connectivity index (χ3n) is 7.09. The number of nitrogens with zero attached hydrogens (tertiary/aromatic N) is 3. The van der Waals surface area contributed by atoms with Crippen molar-refractivity contribution >= 4 is 23.9 Å². The minimum atomic E-state index is -1.14. The molecule has 2 heterocycles. The standard InChI is InChI=1S/C24H37N3O7/c1-4-34-23(31)26-14-12-25(13-15-26)20(28)17-18-21(29)27(11-8-16-32-2)19-9-6-5-7-10-24(18,19)22(30)33-3/h9,18H,4-8,10-17H2,1-3H3/t18-,24+/m0/s1. The molecule has 3 amide bonds. The highest BCUT2D eigenvalue weighted by Gasteiger charge is 2.61. The average molecular weight is 480 g/mol. The summed E-state index contributed by atoms with van der Waals surface area (Å²) < 4.78 is 15.4. The largest absolute Gasteiger partial charge is 0.468 e. The van der Waals surface area contributed by atoms with Gasteiger partial charge in [-0.05, 0) is 32.6 Å². The van der Waals surface area contributed by atoms with Gasteiger partial charge >= 0.3 is 12.1 Å². The zero-order chi connectivity index (χ0) is 24.7. The number of hydrogen-bond acceptors (Lipinski definition) is 7. The predicted octanol–water partition coefficient (Wildman–Crippen LogP) is 1.79. The highest BCUT2D eigenvalue weighted by atomic mass is 16.6. The fraction of sp³-hybridized carbons (Fsp3) is 0.750. The summed E-state index contributed by atoms with van der Waals surface area (Å²) in [5, 5.41) is 0. The van der Waals surface area contributed by atoms with Crippen LogP contribution in [0.3, 0.4) is 0 Å². The summed E-state index contributed by atoms with van der Waals surface area (Å²) in [5.74, 6) is -1.64. The molecule has 0 radical (unpaired) electrons. The second kappa shape index (κ2) is 11.7. The molecule has 0 spiro atoms. The van der Waals surface area contributed by atoms with Crippen LogP contribution in [0, 0.1) is 11.3 Å². The first kappa shape index (κ1) is 26.0. The van der Waals surface area contributed by atoms with E-state index in [1.165, 1.54) is 7.11 Å². The van der Waals surface area contributed by atoms with Crippen molar-refractivity contribution in [1.29, 1.82) is 0 Å². The SMILES string of the molecule is CCOC(=O)N1CCN(C(=O)C[C@H]2C(=O)N(CCCOC)C3=CCCCC[C@]32C(=O)OC)CC1. The number of methoxy groups -OCH3 is 2. The summed E-state index contributed by atoms with van der Waals surface area (Å²) in [6.45, 7) is 4.46. The van der Waals surface area contributed by atoms with Gasteiger partial charge < -0.3 is 28.9 Å². The number of carbonyl (C=O) groups excluding carboxylic acids is 4. The van der Waals surface area contributed by atoms with Crippen LogP contribution >= 0.6 is 0 Å². The highest BCUT2D eigenvalue weighted by Crippen LogP contribution is 2.53. The van der Waals surface area contributed by atoms with E-state index >= 15 is 0 Å². The molecule has 190 valence electrons. The zero-order valence-corrected chi connectivity index (χ0v) is 20.5. The van der Waals surface area contributed by atoms with Crippen LogP contribution in [0.5, 0.6) is 0 Å². The summed E-state index contributed by atoms with van der Waals surface area (Å²) in [5.41, 5.74) is -0.458. The zero-order valence-electron chi connectivity index (χ0n) is 20.5. The Kier molecular flexibility index (Phi) is 8.93. The monoisotopic (exact) mass is 479 g/mol. The molecule has 0 saturated carbocycles. The molecule has 0 aromatic heterocycles. The summed E-state index contributed by atoms with van der Waals surface area (Å²) in [6, 6.07) is 0. The Labute approximate surface area is 201 Å². The Morgan fingerprint density at radius 1 is 1.09 bits per heavy atom. The summed E-state index contributed by atoms with van der Waals surface area (Å²) in [6.07, 6.45) is 5.11. The number of esters is 1. The molecule has 0 bridgehead atoms. The number of fused-ring (bicyclic) bond motifs is 1. The lowest BCUT2D eigenvalue weighted by molar-refractivity contribution is -0.156. The van der Waals surface area contributed by atoms with Crippen LogP contribution in [0.4, 0.5) is 4.79 Å². The molecule has 10 nitrogen and oxygen atoms in total. The Bertz CT molecular complexity index is 806. The first-order valence-corrected chi connectivity index (χ1v) is 12.2. The molecule has 2 aliphatic heterocycles. The van der Waals surface area contributed by atoms with Gasteiger partial charge in [0.2, 0.25) is 11.8 Å². The first-order chi connectivity index (χ1) is 16.4. The van der Waals surface area contributed by atoms with E-state index in [2.05, 4.69) is 0 Å². The van der Waals surface area contributed by atoms with Gasteiger partial charge in [0.15, 0.2) is 0 Å². The van der Waals surface area contributed by atoms with Crippen molar-refractivity contribution in [3.05, 3.63) is 11.8 Å². The van der Waals surface area contributed by atoms with Gasteiger partial charge in [-0.3, -0.25) is 14.4 Å². The number of allylic oxidation sites excluding steroid dienone is 1. The average Bonchev–Trinajstić information content (AvgIpc) is 2.98. The molecule has 0 N–H and O–H groups in total. The van der Waals surface area contributed by atoms with Crippen molar-refractivity contribution < 1.29 is 33.4 Å². The second-order valence-electron chi connectivity index (χ2n) is 8.96.